The Kier molecular flexibility index (Phi) is 4.35. The molecule has 0 saturated heterocycles. The Balaban J connectivity index is 1.71. The molecule has 2 aromatic rings. The third-order valence-corrected chi connectivity index (χ3v) is 6.51. The minimum atomic E-state index is -3.51. The van der Waals surface area contributed by atoms with Crippen molar-refractivity contribution in [3.05, 3.63) is 45.7 Å². The first kappa shape index (κ1) is 15.0. The number of hydrogen-bond acceptors (Lipinski definition) is 4. The summed E-state index contributed by atoms with van der Waals surface area (Å²) in [5, 5.41) is 5.27. The van der Waals surface area contributed by atoms with Crippen molar-refractivity contribution in [1.29, 1.82) is 0 Å². The molecule has 1 aliphatic rings. The van der Waals surface area contributed by atoms with E-state index < -0.39 is 10.0 Å². The summed E-state index contributed by atoms with van der Waals surface area (Å²) in [5.74, 6) is 0. The van der Waals surface area contributed by atoms with E-state index in [1.807, 2.05) is 11.4 Å². The highest BCUT2D eigenvalue weighted by Crippen LogP contribution is 2.25. The molecule has 1 aromatic heterocycles. The summed E-state index contributed by atoms with van der Waals surface area (Å²) < 4.78 is 28.5. The summed E-state index contributed by atoms with van der Waals surface area (Å²) in [6.07, 6.45) is 2.44. The van der Waals surface area contributed by atoms with E-state index in [2.05, 4.69) is 26.0 Å². The fraction of sp³-hybridized carbons (Fsp3) is 0.286. The van der Waals surface area contributed by atoms with Gasteiger partial charge in [0.2, 0.25) is 0 Å². The third-order valence-electron chi connectivity index (χ3n) is 3.14. The van der Waals surface area contributed by atoms with E-state index in [1.165, 1.54) is 24.2 Å². The van der Waals surface area contributed by atoms with Crippen molar-refractivity contribution in [2.24, 2.45) is 0 Å². The molecule has 1 aromatic carbocycles. The molecule has 7 heteroatoms. The molecule has 0 spiro atoms. The number of sulfonamides is 1. The first-order valence-electron chi connectivity index (χ1n) is 6.62. The molecule has 0 atom stereocenters. The summed E-state index contributed by atoms with van der Waals surface area (Å²) in [4.78, 5) is 0. The second kappa shape index (κ2) is 6.08. The molecule has 1 aliphatic carbocycles. The first-order valence-corrected chi connectivity index (χ1v) is 9.78. The predicted molar refractivity (Wildman–Crippen MR) is 89.1 cm³/mol. The summed E-state index contributed by atoms with van der Waals surface area (Å²) in [6, 6.07) is 9.46. The minimum Gasteiger partial charge on any atom is -0.310 e. The summed E-state index contributed by atoms with van der Waals surface area (Å²) >= 11 is 4.58. The maximum Gasteiger partial charge on any atom is 0.271 e. The van der Waals surface area contributed by atoms with Gasteiger partial charge < -0.3 is 5.32 Å². The number of benzene rings is 1. The zero-order valence-electron chi connectivity index (χ0n) is 11.2. The SMILES string of the molecule is O=S(=O)(Nc1cccc(Br)c1)c1cc(CNC2CC2)cs1. The van der Waals surface area contributed by atoms with Crippen LogP contribution < -0.4 is 10.0 Å². The number of nitrogens with one attached hydrogen (secondary N) is 2. The molecule has 0 unspecified atom stereocenters. The normalized spacial score (nSPS) is 15.1. The van der Waals surface area contributed by atoms with E-state index in [4.69, 9.17) is 0 Å². The average molecular weight is 387 g/mol. The van der Waals surface area contributed by atoms with Crippen molar-refractivity contribution >= 4 is 43.0 Å². The number of hydrogen-bond donors (Lipinski definition) is 2. The van der Waals surface area contributed by atoms with Gasteiger partial charge in [0.05, 0.1) is 0 Å². The van der Waals surface area contributed by atoms with Crippen molar-refractivity contribution in [1.82, 2.24) is 5.32 Å². The number of halogens is 1. The maximum atomic E-state index is 12.3. The van der Waals surface area contributed by atoms with E-state index in [0.717, 1.165) is 16.6 Å². The standard InChI is InChI=1S/C14H15BrN2O2S2/c15-11-2-1-3-13(7-11)17-21(18,19)14-6-10(9-20-14)8-16-12-4-5-12/h1-3,6-7,9,12,16-17H,4-5,8H2. The molecule has 0 amide bonds. The second-order valence-electron chi connectivity index (χ2n) is 5.05. The molecular weight excluding hydrogens is 372 g/mol. The zero-order valence-corrected chi connectivity index (χ0v) is 14.4. The van der Waals surface area contributed by atoms with Gasteiger partial charge in [-0.2, -0.15) is 0 Å². The van der Waals surface area contributed by atoms with E-state index in [9.17, 15) is 8.42 Å². The van der Waals surface area contributed by atoms with Crippen LogP contribution in [0.25, 0.3) is 0 Å². The Bertz CT molecular complexity index is 739. The van der Waals surface area contributed by atoms with Gasteiger partial charge in [-0.1, -0.05) is 22.0 Å². The molecule has 1 fully saturated rings. The zero-order chi connectivity index (χ0) is 14.9. The lowest BCUT2D eigenvalue weighted by molar-refractivity contribution is 0.603. The molecular formula is C14H15BrN2O2S2. The summed E-state index contributed by atoms with van der Waals surface area (Å²) in [5.41, 5.74) is 1.57. The third kappa shape index (κ3) is 4.06. The number of thiophene rings is 1. The van der Waals surface area contributed by atoms with Crippen LogP contribution in [0.2, 0.25) is 0 Å². The fourth-order valence-corrected chi connectivity index (χ4v) is 4.55. The second-order valence-corrected chi connectivity index (χ2v) is 8.78. The van der Waals surface area contributed by atoms with Crippen LogP contribution in [0.3, 0.4) is 0 Å². The van der Waals surface area contributed by atoms with Crippen LogP contribution in [0.5, 0.6) is 0 Å². The Morgan fingerprint density at radius 1 is 1.29 bits per heavy atom. The summed E-state index contributed by atoms with van der Waals surface area (Å²) in [7, 11) is -3.51. The van der Waals surface area contributed by atoms with Gasteiger partial charge in [-0.05, 0) is 48.1 Å². The van der Waals surface area contributed by atoms with Gasteiger partial charge in [-0.15, -0.1) is 11.3 Å². The first-order chi connectivity index (χ1) is 10.0. The van der Waals surface area contributed by atoms with Crippen LogP contribution in [-0.4, -0.2) is 14.5 Å². The quantitative estimate of drug-likeness (QED) is 0.797. The predicted octanol–water partition coefficient (Wildman–Crippen LogP) is 3.56. The molecule has 3 rings (SSSR count). The molecule has 1 saturated carbocycles. The summed E-state index contributed by atoms with van der Waals surface area (Å²) in [6.45, 7) is 0.730. The van der Waals surface area contributed by atoms with Crippen LogP contribution in [-0.2, 0) is 16.6 Å². The monoisotopic (exact) mass is 386 g/mol. The van der Waals surface area contributed by atoms with Crippen molar-refractivity contribution in [3.63, 3.8) is 0 Å². The number of anilines is 1. The van der Waals surface area contributed by atoms with Gasteiger partial charge in [-0.25, -0.2) is 8.42 Å². The topological polar surface area (TPSA) is 58.2 Å². The lowest BCUT2D eigenvalue weighted by atomic mass is 10.3. The minimum absolute atomic E-state index is 0.343. The van der Waals surface area contributed by atoms with E-state index in [1.54, 1.807) is 24.3 Å². The lowest BCUT2D eigenvalue weighted by Crippen LogP contribution is -2.15. The largest absolute Gasteiger partial charge is 0.310 e. The van der Waals surface area contributed by atoms with Gasteiger partial charge in [-0.3, -0.25) is 4.72 Å². The van der Waals surface area contributed by atoms with Crippen LogP contribution in [0.4, 0.5) is 5.69 Å². The molecule has 21 heavy (non-hydrogen) atoms. The highest BCUT2D eigenvalue weighted by Gasteiger charge is 2.21. The van der Waals surface area contributed by atoms with E-state index >= 15 is 0 Å². The molecule has 1 heterocycles. The van der Waals surface area contributed by atoms with Crippen molar-refractivity contribution < 1.29 is 8.42 Å². The Labute approximate surface area is 136 Å². The molecule has 4 nitrogen and oxygen atoms in total. The van der Waals surface area contributed by atoms with Crippen LogP contribution in [0.15, 0.2) is 44.4 Å². The Hall–Kier alpha value is -0.890. The smallest absolute Gasteiger partial charge is 0.271 e. The highest BCUT2D eigenvalue weighted by molar-refractivity contribution is 9.10. The van der Waals surface area contributed by atoms with Gasteiger partial charge in [0.1, 0.15) is 4.21 Å². The van der Waals surface area contributed by atoms with Gasteiger partial charge in [0.25, 0.3) is 10.0 Å². The van der Waals surface area contributed by atoms with Crippen molar-refractivity contribution in [3.8, 4) is 0 Å². The van der Waals surface area contributed by atoms with E-state index in [-0.39, 0.29) is 0 Å². The lowest BCUT2D eigenvalue weighted by Gasteiger charge is -2.06. The van der Waals surface area contributed by atoms with Crippen molar-refractivity contribution in [2.45, 2.75) is 29.6 Å². The van der Waals surface area contributed by atoms with Gasteiger partial charge >= 0.3 is 0 Å². The Morgan fingerprint density at radius 2 is 2.10 bits per heavy atom. The molecule has 0 radical (unpaired) electrons. The average Bonchev–Trinajstić information content (AvgIpc) is 3.12. The van der Waals surface area contributed by atoms with Crippen LogP contribution >= 0.6 is 27.3 Å². The van der Waals surface area contributed by atoms with Gasteiger partial charge in [0.15, 0.2) is 0 Å². The van der Waals surface area contributed by atoms with E-state index in [0.29, 0.717) is 15.9 Å². The molecule has 0 bridgehead atoms. The fourth-order valence-electron chi connectivity index (χ4n) is 1.89. The highest BCUT2D eigenvalue weighted by atomic mass is 79.9. The molecule has 2 N–H and O–H groups in total. The Morgan fingerprint density at radius 3 is 2.81 bits per heavy atom. The molecule has 0 aliphatic heterocycles. The molecule has 112 valence electrons. The maximum absolute atomic E-state index is 12.3. The van der Waals surface area contributed by atoms with Crippen molar-refractivity contribution in [2.75, 3.05) is 4.72 Å². The van der Waals surface area contributed by atoms with Gasteiger partial charge in [0, 0.05) is 22.7 Å². The van der Waals surface area contributed by atoms with Crippen LogP contribution in [0, 0.1) is 0 Å². The van der Waals surface area contributed by atoms with Crippen LogP contribution in [0.1, 0.15) is 18.4 Å². The number of rotatable bonds is 6.